The summed E-state index contributed by atoms with van der Waals surface area (Å²) in [5.74, 6) is -0.330. The molecule has 1 aliphatic carbocycles. The number of hydrogen-bond donors (Lipinski definition) is 0. The molecule has 0 saturated heterocycles. The number of nitrogens with zero attached hydrogens (tertiary/aromatic N) is 2. The zero-order valence-corrected chi connectivity index (χ0v) is 14.6. The zero-order chi connectivity index (χ0) is 18.0. The molecule has 3 nitrogen and oxygen atoms in total. The van der Waals surface area contributed by atoms with Gasteiger partial charge in [0.2, 0.25) is 5.91 Å². The number of amides is 1. The van der Waals surface area contributed by atoms with Crippen LogP contribution in [-0.2, 0) is 11.2 Å². The van der Waals surface area contributed by atoms with Crippen LogP contribution in [0.2, 0.25) is 0 Å². The Kier molecular flexibility index (Phi) is 5.13. The van der Waals surface area contributed by atoms with Gasteiger partial charge in [-0.05, 0) is 25.7 Å². The minimum absolute atomic E-state index is 0.101. The topological polar surface area (TPSA) is 33.2 Å². The number of benzene rings is 1. The van der Waals surface area contributed by atoms with Crippen molar-refractivity contribution in [1.29, 1.82) is 0 Å². The van der Waals surface area contributed by atoms with Crippen LogP contribution in [0.25, 0.3) is 10.6 Å². The summed E-state index contributed by atoms with van der Waals surface area (Å²) in [4.78, 5) is 17.9. The van der Waals surface area contributed by atoms with E-state index in [0.717, 1.165) is 28.3 Å². The van der Waals surface area contributed by atoms with Gasteiger partial charge in [-0.25, -0.2) is 4.98 Å². The Morgan fingerprint density at radius 2 is 2.00 bits per heavy atom. The third-order valence-electron chi connectivity index (χ3n) is 4.37. The summed E-state index contributed by atoms with van der Waals surface area (Å²) in [6.45, 7) is 0.511. The molecule has 1 amide bonds. The van der Waals surface area contributed by atoms with Crippen LogP contribution in [-0.4, -0.2) is 34.6 Å². The van der Waals surface area contributed by atoms with Crippen molar-refractivity contribution >= 4 is 17.2 Å². The molecule has 3 rings (SSSR count). The summed E-state index contributed by atoms with van der Waals surface area (Å²) in [5, 5.41) is 2.51. The van der Waals surface area contributed by atoms with E-state index in [1.165, 1.54) is 11.3 Å². The smallest absolute Gasteiger partial charge is 0.330 e. The maximum Gasteiger partial charge on any atom is 0.406 e. The maximum atomic E-state index is 12.9. The van der Waals surface area contributed by atoms with Crippen LogP contribution in [0.3, 0.4) is 0 Å². The van der Waals surface area contributed by atoms with E-state index in [9.17, 15) is 18.0 Å². The minimum Gasteiger partial charge on any atom is -0.330 e. The van der Waals surface area contributed by atoms with E-state index in [2.05, 4.69) is 4.98 Å². The molecule has 1 unspecified atom stereocenters. The average Bonchev–Trinajstić information content (AvgIpc) is 3.31. The Balaban J connectivity index is 1.71. The lowest BCUT2D eigenvalue weighted by molar-refractivity contribution is -0.165. The lowest BCUT2D eigenvalue weighted by Gasteiger charge is -2.30. The molecule has 1 heterocycles. The number of halogens is 3. The highest BCUT2D eigenvalue weighted by molar-refractivity contribution is 7.13. The van der Waals surface area contributed by atoms with Crippen LogP contribution in [0.1, 0.15) is 25.5 Å². The van der Waals surface area contributed by atoms with E-state index in [4.69, 9.17) is 0 Å². The molecule has 1 aliphatic rings. The van der Waals surface area contributed by atoms with Gasteiger partial charge in [0.1, 0.15) is 11.6 Å². The van der Waals surface area contributed by atoms with Gasteiger partial charge in [0.05, 0.1) is 12.1 Å². The molecule has 0 aliphatic heterocycles. The fourth-order valence-electron chi connectivity index (χ4n) is 2.84. The molecular formula is C18H19F3N2OS. The van der Waals surface area contributed by atoms with Crippen molar-refractivity contribution in [3.63, 3.8) is 0 Å². The van der Waals surface area contributed by atoms with E-state index in [1.54, 1.807) is 12.3 Å². The van der Waals surface area contributed by atoms with Gasteiger partial charge in [-0.3, -0.25) is 4.79 Å². The van der Waals surface area contributed by atoms with Gasteiger partial charge in [0.15, 0.2) is 0 Å². The molecule has 0 bridgehead atoms. The van der Waals surface area contributed by atoms with Crippen LogP contribution in [0.4, 0.5) is 13.2 Å². The highest BCUT2D eigenvalue weighted by atomic mass is 32.1. The van der Waals surface area contributed by atoms with E-state index >= 15 is 0 Å². The summed E-state index contributed by atoms with van der Waals surface area (Å²) >= 11 is 1.39. The monoisotopic (exact) mass is 368 g/mol. The van der Waals surface area contributed by atoms with Crippen molar-refractivity contribution in [3.05, 3.63) is 41.4 Å². The molecule has 1 saturated carbocycles. The third kappa shape index (κ3) is 4.81. The second kappa shape index (κ2) is 7.15. The number of carbonyl (C=O) groups excluding carboxylic acids is 1. The van der Waals surface area contributed by atoms with E-state index < -0.39 is 18.6 Å². The van der Waals surface area contributed by atoms with E-state index in [1.807, 2.05) is 30.3 Å². The van der Waals surface area contributed by atoms with Crippen molar-refractivity contribution < 1.29 is 18.0 Å². The Bertz CT molecular complexity index is 725. The number of carbonyl (C=O) groups is 1. The fourth-order valence-corrected chi connectivity index (χ4v) is 3.67. The lowest BCUT2D eigenvalue weighted by Crippen LogP contribution is -2.46. The summed E-state index contributed by atoms with van der Waals surface area (Å²) in [7, 11) is 0. The number of thiazole rings is 1. The van der Waals surface area contributed by atoms with Crippen LogP contribution < -0.4 is 0 Å². The van der Waals surface area contributed by atoms with Crippen molar-refractivity contribution in [1.82, 2.24) is 9.88 Å². The molecule has 7 heteroatoms. The Hall–Kier alpha value is -1.89. The normalized spacial score (nSPS) is 15.8. The third-order valence-corrected chi connectivity index (χ3v) is 5.31. The molecule has 0 N–H and O–H groups in total. The van der Waals surface area contributed by atoms with Crippen molar-refractivity contribution in [2.45, 2.75) is 38.4 Å². The average molecular weight is 368 g/mol. The first kappa shape index (κ1) is 17.9. The molecular weight excluding hydrogens is 349 g/mol. The van der Waals surface area contributed by atoms with Crippen LogP contribution in [0.15, 0.2) is 35.7 Å². The predicted octanol–water partition coefficient (Wildman–Crippen LogP) is 4.54. The van der Waals surface area contributed by atoms with Gasteiger partial charge in [-0.1, -0.05) is 30.3 Å². The molecule has 0 spiro atoms. The van der Waals surface area contributed by atoms with Crippen LogP contribution >= 0.6 is 11.3 Å². The summed E-state index contributed by atoms with van der Waals surface area (Å²) in [6.07, 6.45) is -2.72. The van der Waals surface area contributed by atoms with Crippen molar-refractivity contribution in [2.75, 3.05) is 6.54 Å². The Morgan fingerprint density at radius 1 is 1.32 bits per heavy atom. The molecule has 2 aromatic rings. The summed E-state index contributed by atoms with van der Waals surface area (Å²) < 4.78 is 38.6. The molecule has 1 fully saturated rings. The number of rotatable bonds is 6. The SMILES string of the molecule is CC(C1CC1)N(CC(F)(F)F)C(=O)Cc1csc(-c2ccccc2)n1. The first-order valence-corrected chi connectivity index (χ1v) is 9.07. The van der Waals surface area contributed by atoms with Gasteiger partial charge < -0.3 is 4.90 Å². The molecule has 0 radical (unpaired) electrons. The first-order valence-electron chi connectivity index (χ1n) is 8.19. The number of aromatic nitrogens is 1. The second-order valence-corrected chi connectivity index (χ2v) is 7.26. The number of hydrogen-bond acceptors (Lipinski definition) is 3. The van der Waals surface area contributed by atoms with Gasteiger partial charge in [-0.2, -0.15) is 13.2 Å². The Labute approximate surface area is 148 Å². The van der Waals surface area contributed by atoms with Crippen LogP contribution in [0.5, 0.6) is 0 Å². The zero-order valence-electron chi connectivity index (χ0n) is 13.8. The molecule has 1 aromatic carbocycles. The molecule has 1 atom stereocenters. The van der Waals surface area contributed by atoms with Gasteiger partial charge >= 0.3 is 6.18 Å². The maximum absolute atomic E-state index is 12.9. The quantitative estimate of drug-likeness (QED) is 0.750. The standard InChI is InChI=1S/C18H19F3N2OS/c1-12(13-7-8-13)23(11-18(19,20)21)16(24)9-15-10-25-17(22-15)14-5-3-2-4-6-14/h2-6,10,12-13H,7-9,11H2,1H3. The highest BCUT2D eigenvalue weighted by Crippen LogP contribution is 2.36. The van der Waals surface area contributed by atoms with Gasteiger partial charge in [0.25, 0.3) is 0 Å². The van der Waals surface area contributed by atoms with Gasteiger partial charge in [0, 0.05) is 17.0 Å². The van der Waals surface area contributed by atoms with Crippen LogP contribution in [0, 0.1) is 5.92 Å². The van der Waals surface area contributed by atoms with Crippen molar-refractivity contribution in [3.8, 4) is 10.6 Å². The summed E-state index contributed by atoms with van der Waals surface area (Å²) in [6, 6.07) is 9.12. The fraction of sp³-hybridized carbons (Fsp3) is 0.444. The first-order chi connectivity index (χ1) is 11.8. The van der Waals surface area contributed by atoms with E-state index in [-0.39, 0.29) is 18.4 Å². The predicted molar refractivity (Wildman–Crippen MR) is 91.2 cm³/mol. The van der Waals surface area contributed by atoms with Gasteiger partial charge in [-0.15, -0.1) is 11.3 Å². The lowest BCUT2D eigenvalue weighted by atomic mass is 10.1. The Morgan fingerprint density at radius 3 is 2.60 bits per heavy atom. The van der Waals surface area contributed by atoms with E-state index in [0.29, 0.717) is 5.69 Å². The largest absolute Gasteiger partial charge is 0.406 e. The molecule has 1 aromatic heterocycles. The highest BCUT2D eigenvalue weighted by Gasteiger charge is 2.40. The molecule has 25 heavy (non-hydrogen) atoms. The minimum atomic E-state index is -4.39. The second-order valence-electron chi connectivity index (χ2n) is 6.40. The summed E-state index contributed by atoms with van der Waals surface area (Å²) in [5.41, 5.74) is 1.45. The van der Waals surface area contributed by atoms with Crippen molar-refractivity contribution in [2.24, 2.45) is 5.92 Å². The molecule has 134 valence electrons. The number of alkyl halides is 3.